The third-order valence-electron chi connectivity index (χ3n) is 5.15. The molecule has 2 fully saturated rings. The lowest BCUT2D eigenvalue weighted by Crippen LogP contribution is -2.58. The van der Waals surface area contributed by atoms with E-state index in [4.69, 9.17) is 0 Å². The Labute approximate surface area is 119 Å². The van der Waals surface area contributed by atoms with Crippen molar-refractivity contribution in [1.82, 2.24) is 15.1 Å². The standard InChI is InChI=1S/C16H33N3/c1-5-15-9-17-16(13(3)4)12-19(15)11-14-7-8-18(6-2)10-14/h13-17H,5-12H2,1-4H3. The van der Waals surface area contributed by atoms with Crippen LogP contribution >= 0.6 is 0 Å². The van der Waals surface area contributed by atoms with E-state index in [0.717, 1.165) is 17.9 Å². The van der Waals surface area contributed by atoms with E-state index in [9.17, 15) is 0 Å². The maximum absolute atomic E-state index is 3.74. The Morgan fingerprint density at radius 2 is 2.00 bits per heavy atom. The highest BCUT2D eigenvalue weighted by molar-refractivity contribution is 4.89. The second kappa shape index (κ2) is 7.05. The molecule has 0 bridgehead atoms. The van der Waals surface area contributed by atoms with Crippen LogP contribution in [-0.4, -0.2) is 61.2 Å². The van der Waals surface area contributed by atoms with Gasteiger partial charge in [0.2, 0.25) is 0 Å². The number of piperazine rings is 1. The van der Waals surface area contributed by atoms with Gasteiger partial charge in [-0.05, 0) is 37.8 Å². The molecule has 0 aliphatic carbocycles. The molecule has 2 rings (SSSR count). The van der Waals surface area contributed by atoms with Gasteiger partial charge < -0.3 is 10.2 Å². The summed E-state index contributed by atoms with van der Waals surface area (Å²) in [7, 11) is 0. The number of nitrogens with zero attached hydrogens (tertiary/aromatic N) is 2. The zero-order chi connectivity index (χ0) is 13.8. The molecule has 2 saturated heterocycles. The molecule has 0 aromatic carbocycles. The summed E-state index contributed by atoms with van der Waals surface area (Å²) in [5, 5.41) is 3.74. The highest BCUT2D eigenvalue weighted by Gasteiger charge is 2.31. The zero-order valence-electron chi connectivity index (χ0n) is 13.4. The fraction of sp³-hybridized carbons (Fsp3) is 1.00. The molecule has 2 aliphatic rings. The minimum atomic E-state index is 0.687. The zero-order valence-corrected chi connectivity index (χ0v) is 13.4. The second-order valence-corrected chi connectivity index (χ2v) is 6.82. The monoisotopic (exact) mass is 267 g/mol. The lowest BCUT2D eigenvalue weighted by atomic mass is 9.96. The molecule has 0 spiro atoms. The average molecular weight is 267 g/mol. The smallest absolute Gasteiger partial charge is 0.0218 e. The highest BCUT2D eigenvalue weighted by Crippen LogP contribution is 2.21. The van der Waals surface area contributed by atoms with Crippen molar-refractivity contribution in [2.45, 2.75) is 52.6 Å². The van der Waals surface area contributed by atoms with Crippen LogP contribution in [0, 0.1) is 11.8 Å². The normalized spacial score (nSPS) is 34.3. The third kappa shape index (κ3) is 3.93. The lowest BCUT2D eigenvalue weighted by molar-refractivity contribution is 0.0936. The number of nitrogens with one attached hydrogen (secondary N) is 1. The average Bonchev–Trinajstić information content (AvgIpc) is 2.86. The molecule has 2 heterocycles. The van der Waals surface area contributed by atoms with Crippen LogP contribution in [0.4, 0.5) is 0 Å². The lowest BCUT2D eigenvalue weighted by Gasteiger charge is -2.42. The first-order valence-electron chi connectivity index (χ1n) is 8.33. The van der Waals surface area contributed by atoms with Crippen LogP contribution in [0.2, 0.25) is 0 Å². The summed E-state index contributed by atoms with van der Waals surface area (Å²) >= 11 is 0. The Hall–Kier alpha value is -0.120. The Morgan fingerprint density at radius 3 is 2.58 bits per heavy atom. The fourth-order valence-corrected chi connectivity index (χ4v) is 3.64. The van der Waals surface area contributed by atoms with Gasteiger partial charge in [0.05, 0.1) is 0 Å². The van der Waals surface area contributed by atoms with E-state index in [1.54, 1.807) is 0 Å². The predicted octanol–water partition coefficient (Wildman–Crippen LogP) is 2.04. The summed E-state index contributed by atoms with van der Waals surface area (Å²) < 4.78 is 0. The van der Waals surface area contributed by atoms with E-state index < -0.39 is 0 Å². The minimum Gasteiger partial charge on any atom is -0.311 e. The summed E-state index contributed by atoms with van der Waals surface area (Å²) in [6.07, 6.45) is 2.68. The fourth-order valence-electron chi connectivity index (χ4n) is 3.64. The SMILES string of the molecule is CCC1CNC(C(C)C)CN1CC1CCN(CC)C1. The molecule has 0 aromatic rings. The van der Waals surface area contributed by atoms with E-state index in [2.05, 4.69) is 42.8 Å². The predicted molar refractivity (Wildman–Crippen MR) is 82.5 cm³/mol. The Balaban J connectivity index is 1.88. The molecule has 2 aliphatic heterocycles. The minimum absolute atomic E-state index is 0.687. The maximum Gasteiger partial charge on any atom is 0.0218 e. The van der Waals surface area contributed by atoms with Gasteiger partial charge in [0.25, 0.3) is 0 Å². The first-order valence-corrected chi connectivity index (χ1v) is 8.33. The topological polar surface area (TPSA) is 18.5 Å². The summed E-state index contributed by atoms with van der Waals surface area (Å²) in [6.45, 7) is 16.9. The van der Waals surface area contributed by atoms with Crippen molar-refractivity contribution in [1.29, 1.82) is 0 Å². The van der Waals surface area contributed by atoms with Gasteiger partial charge >= 0.3 is 0 Å². The van der Waals surface area contributed by atoms with Crippen molar-refractivity contribution in [2.75, 3.05) is 39.3 Å². The van der Waals surface area contributed by atoms with Gasteiger partial charge in [-0.3, -0.25) is 4.90 Å². The number of hydrogen-bond donors (Lipinski definition) is 1. The molecule has 3 unspecified atom stereocenters. The molecular formula is C16H33N3. The van der Waals surface area contributed by atoms with Crippen molar-refractivity contribution in [2.24, 2.45) is 11.8 Å². The summed E-state index contributed by atoms with van der Waals surface area (Å²) in [5.41, 5.74) is 0. The quantitative estimate of drug-likeness (QED) is 0.822. The van der Waals surface area contributed by atoms with Crippen molar-refractivity contribution in [3.63, 3.8) is 0 Å². The highest BCUT2D eigenvalue weighted by atomic mass is 15.2. The Bertz CT molecular complexity index is 267. The number of likely N-dealkylation sites (tertiary alicyclic amines) is 1. The van der Waals surface area contributed by atoms with Crippen LogP contribution in [0.3, 0.4) is 0 Å². The second-order valence-electron chi connectivity index (χ2n) is 6.82. The van der Waals surface area contributed by atoms with Crippen molar-refractivity contribution >= 4 is 0 Å². The Kier molecular flexibility index (Phi) is 5.67. The number of hydrogen-bond acceptors (Lipinski definition) is 3. The van der Waals surface area contributed by atoms with Crippen LogP contribution in [0.1, 0.15) is 40.5 Å². The van der Waals surface area contributed by atoms with Gasteiger partial charge in [-0.15, -0.1) is 0 Å². The molecule has 0 radical (unpaired) electrons. The van der Waals surface area contributed by atoms with E-state index in [1.807, 2.05) is 0 Å². The van der Waals surface area contributed by atoms with Crippen LogP contribution in [-0.2, 0) is 0 Å². The molecule has 112 valence electrons. The molecular weight excluding hydrogens is 234 g/mol. The molecule has 3 nitrogen and oxygen atoms in total. The molecule has 3 heteroatoms. The van der Waals surface area contributed by atoms with E-state index in [1.165, 1.54) is 52.1 Å². The summed E-state index contributed by atoms with van der Waals surface area (Å²) in [4.78, 5) is 5.39. The van der Waals surface area contributed by atoms with Gasteiger partial charge in [0.15, 0.2) is 0 Å². The van der Waals surface area contributed by atoms with E-state index in [0.29, 0.717) is 6.04 Å². The first-order chi connectivity index (χ1) is 9.13. The van der Waals surface area contributed by atoms with Gasteiger partial charge in [-0.2, -0.15) is 0 Å². The maximum atomic E-state index is 3.74. The molecule has 0 amide bonds. The van der Waals surface area contributed by atoms with Gasteiger partial charge in [-0.1, -0.05) is 27.7 Å². The molecule has 3 atom stereocenters. The Morgan fingerprint density at radius 1 is 1.21 bits per heavy atom. The van der Waals surface area contributed by atoms with Crippen molar-refractivity contribution < 1.29 is 0 Å². The molecule has 0 aromatic heterocycles. The van der Waals surface area contributed by atoms with Crippen LogP contribution in [0.5, 0.6) is 0 Å². The summed E-state index contributed by atoms with van der Waals surface area (Å²) in [5.74, 6) is 1.65. The molecule has 1 N–H and O–H groups in total. The van der Waals surface area contributed by atoms with Crippen molar-refractivity contribution in [3.05, 3.63) is 0 Å². The van der Waals surface area contributed by atoms with Gasteiger partial charge in [-0.25, -0.2) is 0 Å². The molecule has 19 heavy (non-hydrogen) atoms. The van der Waals surface area contributed by atoms with Gasteiger partial charge in [0, 0.05) is 38.3 Å². The first kappa shape index (κ1) is 15.3. The van der Waals surface area contributed by atoms with Crippen LogP contribution < -0.4 is 5.32 Å². The van der Waals surface area contributed by atoms with Crippen LogP contribution in [0.15, 0.2) is 0 Å². The van der Waals surface area contributed by atoms with Gasteiger partial charge in [0.1, 0.15) is 0 Å². The van der Waals surface area contributed by atoms with Crippen LogP contribution in [0.25, 0.3) is 0 Å². The van der Waals surface area contributed by atoms with Crippen molar-refractivity contribution in [3.8, 4) is 0 Å². The van der Waals surface area contributed by atoms with E-state index in [-0.39, 0.29) is 0 Å². The summed E-state index contributed by atoms with van der Waals surface area (Å²) in [6, 6.07) is 1.44. The largest absolute Gasteiger partial charge is 0.311 e. The number of rotatable bonds is 5. The van der Waals surface area contributed by atoms with E-state index >= 15 is 0 Å². The molecule has 0 saturated carbocycles. The third-order valence-corrected chi connectivity index (χ3v) is 5.15.